The summed E-state index contributed by atoms with van der Waals surface area (Å²) in [5, 5.41) is 9.55. The molecule has 0 saturated carbocycles. The Hall–Kier alpha value is -1.06. The molecule has 1 rings (SSSR count). The van der Waals surface area contributed by atoms with Crippen LogP contribution in [0, 0.1) is 0 Å². The highest BCUT2D eigenvalue weighted by molar-refractivity contribution is 5.35. The first-order valence-electron chi connectivity index (χ1n) is 4.40. The number of hydrogen-bond donors (Lipinski definition) is 3. The summed E-state index contributed by atoms with van der Waals surface area (Å²) in [4.78, 5) is 0. The Morgan fingerprint density at radius 2 is 2.00 bits per heavy atom. The quantitative estimate of drug-likeness (QED) is 0.643. The van der Waals surface area contributed by atoms with Gasteiger partial charge in [-0.15, -0.1) is 0 Å². The molecule has 0 heterocycles. The number of rotatable bonds is 3. The monoisotopic (exact) mass is 180 g/mol. The molecule has 2 unspecified atom stereocenters. The van der Waals surface area contributed by atoms with Gasteiger partial charge in [-0.05, 0) is 18.6 Å². The highest BCUT2D eigenvalue weighted by Crippen LogP contribution is 2.26. The lowest BCUT2D eigenvalue weighted by Gasteiger charge is -2.19. The number of aromatic hydroxyl groups is 1. The second-order valence-corrected chi connectivity index (χ2v) is 3.26. The van der Waals surface area contributed by atoms with E-state index in [1.165, 1.54) is 0 Å². The summed E-state index contributed by atoms with van der Waals surface area (Å²) in [6.07, 6.45) is 0. The van der Waals surface area contributed by atoms with Crippen molar-refractivity contribution in [3.63, 3.8) is 0 Å². The summed E-state index contributed by atoms with van der Waals surface area (Å²) < 4.78 is 0. The van der Waals surface area contributed by atoms with E-state index in [2.05, 4.69) is 0 Å². The highest BCUT2D eigenvalue weighted by atomic mass is 16.3. The molecule has 0 aliphatic carbocycles. The van der Waals surface area contributed by atoms with E-state index < -0.39 is 0 Å². The van der Waals surface area contributed by atoms with Crippen LogP contribution in [0.4, 0.5) is 0 Å². The van der Waals surface area contributed by atoms with E-state index >= 15 is 0 Å². The first kappa shape index (κ1) is 10.0. The molecule has 0 radical (unpaired) electrons. The molecule has 2 atom stereocenters. The maximum absolute atomic E-state index is 9.55. The lowest BCUT2D eigenvalue weighted by Crippen LogP contribution is -2.30. The van der Waals surface area contributed by atoms with Gasteiger partial charge in [-0.25, -0.2) is 0 Å². The molecule has 1 aromatic carbocycles. The summed E-state index contributed by atoms with van der Waals surface area (Å²) in [6, 6.07) is 7.13. The third-order valence-electron chi connectivity index (χ3n) is 2.22. The van der Waals surface area contributed by atoms with Crippen LogP contribution in [0.2, 0.25) is 0 Å². The minimum absolute atomic E-state index is 0.0289. The van der Waals surface area contributed by atoms with E-state index in [0.717, 1.165) is 5.56 Å². The number of nitrogens with two attached hydrogens (primary N) is 2. The van der Waals surface area contributed by atoms with Crippen molar-refractivity contribution >= 4 is 0 Å². The van der Waals surface area contributed by atoms with Crippen LogP contribution in [0.15, 0.2) is 24.3 Å². The van der Waals surface area contributed by atoms with Crippen LogP contribution in [0.5, 0.6) is 5.75 Å². The van der Waals surface area contributed by atoms with Crippen LogP contribution in [0.3, 0.4) is 0 Å². The molecule has 0 aromatic heterocycles. The van der Waals surface area contributed by atoms with Crippen molar-refractivity contribution in [3.8, 4) is 5.75 Å². The molecular formula is C10H16N2O. The average molecular weight is 180 g/mol. The maximum atomic E-state index is 9.55. The lowest BCUT2D eigenvalue weighted by atomic mass is 9.92. The first-order valence-corrected chi connectivity index (χ1v) is 4.40. The van der Waals surface area contributed by atoms with Gasteiger partial charge in [0.2, 0.25) is 0 Å². The van der Waals surface area contributed by atoms with Crippen molar-refractivity contribution in [3.05, 3.63) is 29.8 Å². The summed E-state index contributed by atoms with van der Waals surface area (Å²) in [6.45, 7) is 2.35. The molecule has 0 fully saturated rings. The van der Waals surface area contributed by atoms with E-state index in [1.807, 2.05) is 19.1 Å². The van der Waals surface area contributed by atoms with Crippen molar-refractivity contribution in [2.75, 3.05) is 6.54 Å². The van der Waals surface area contributed by atoms with Crippen molar-refractivity contribution < 1.29 is 5.11 Å². The molecule has 0 aliphatic heterocycles. The van der Waals surface area contributed by atoms with Crippen LogP contribution in [-0.4, -0.2) is 17.7 Å². The van der Waals surface area contributed by atoms with Gasteiger partial charge >= 0.3 is 0 Å². The molecule has 5 N–H and O–H groups in total. The molecule has 72 valence electrons. The second-order valence-electron chi connectivity index (χ2n) is 3.26. The van der Waals surface area contributed by atoms with Gasteiger partial charge in [0.1, 0.15) is 5.75 Å². The molecule has 3 heteroatoms. The lowest BCUT2D eigenvalue weighted by molar-refractivity contribution is 0.452. The maximum Gasteiger partial charge on any atom is 0.119 e. The number of phenols is 1. The fourth-order valence-corrected chi connectivity index (χ4v) is 1.43. The minimum Gasteiger partial charge on any atom is -0.508 e. The second kappa shape index (κ2) is 4.25. The molecule has 0 amide bonds. The number of phenolic OH excluding ortho intramolecular Hbond substituents is 1. The Balaban J connectivity index is 2.97. The Bertz CT molecular complexity index is 273. The summed E-state index contributed by atoms with van der Waals surface area (Å²) in [5.41, 5.74) is 12.2. The fourth-order valence-electron chi connectivity index (χ4n) is 1.43. The Morgan fingerprint density at radius 3 is 2.46 bits per heavy atom. The SMILES string of the molecule is CC(N)C(CN)c1ccccc1O. The minimum atomic E-state index is -0.0432. The van der Waals surface area contributed by atoms with Crippen LogP contribution >= 0.6 is 0 Å². The van der Waals surface area contributed by atoms with Gasteiger partial charge in [0, 0.05) is 18.5 Å². The summed E-state index contributed by atoms with van der Waals surface area (Å²) >= 11 is 0. The molecule has 0 bridgehead atoms. The number of benzene rings is 1. The first-order chi connectivity index (χ1) is 6.16. The van der Waals surface area contributed by atoms with Crippen LogP contribution in [-0.2, 0) is 0 Å². The van der Waals surface area contributed by atoms with Crippen molar-refractivity contribution in [2.24, 2.45) is 11.5 Å². The van der Waals surface area contributed by atoms with E-state index in [9.17, 15) is 5.11 Å². The van der Waals surface area contributed by atoms with Gasteiger partial charge in [0.25, 0.3) is 0 Å². The average Bonchev–Trinajstić information content (AvgIpc) is 2.09. The van der Waals surface area contributed by atoms with Gasteiger partial charge in [-0.3, -0.25) is 0 Å². The van der Waals surface area contributed by atoms with E-state index in [4.69, 9.17) is 11.5 Å². The zero-order chi connectivity index (χ0) is 9.84. The van der Waals surface area contributed by atoms with Crippen molar-refractivity contribution in [2.45, 2.75) is 18.9 Å². The Kier molecular flexibility index (Phi) is 3.28. The summed E-state index contributed by atoms with van der Waals surface area (Å²) in [5.74, 6) is 0.302. The zero-order valence-corrected chi connectivity index (χ0v) is 7.77. The predicted octanol–water partition coefficient (Wildman–Crippen LogP) is 0.782. The normalized spacial score (nSPS) is 15.3. The van der Waals surface area contributed by atoms with Gasteiger partial charge in [-0.2, -0.15) is 0 Å². The molecule has 0 spiro atoms. The van der Waals surface area contributed by atoms with Crippen LogP contribution < -0.4 is 11.5 Å². The third-order valence-corrected chi connectivity index (χ3v) is 2.22. The smallest absolute Gasteiger partial charge is 0.119 e. The molecule has 0 saturated heterocycles. The summed E-state index contributed by atoms with van der Waals surface area (Å²) in [7, 11) is 0. The van der Waals surface area contributed by atoms with Gasteiger partial charge in [0.15, 0.2) is 0 Å². The molecule has 3 nitrogen and oxygen atoms in total. The standard InChI is InChI=1S/C10H16N2O/c1-7(12)9(6-11)8-4-2-3-5-10(8)13/h2-5,7,9,13H,6,11-12H2,1H3. The van der Waals surface area contributed by atoms with Gasteiger partial charge < -0.3 is 16.6 Å². The van der Waals surface area contributed by atoms with E-state index in [0.29, 0.717) is 6.54 Å². The van der Waals surface area contributed by atoms with E-state index in [-0.39, 0.29) is 17.7 Å². The zero-order valence-electron chi connectivity index (χ0n) is 7.77. The number of hydrogen-bond acceptors (Lipinski definition) is 3. The predicted molar refractivity (Wildman–Crippen MR) is 53.6 cm³/mol. The molecular weight excluding hydrogens is 164 g/mol. The molecule has 1 aromatic rings. The van der Waals surface area contributed by atoms with Crippen LogP contribution in [0.1, 0.15) is 18.4 Å². The fraction of sp³-hybridized carbons (Fsp3) is 0.400. The van der Waals surface area contributed by atoms with Gasteiger partial charge in [0.05, 0.1) is 0 Å². The Labute approximate surface area is 78.4 Å². The third kappa shape index (κ3) is 2.20. The van der Waals surface area contributed by atoms with E-state index in [1.54, 1.807) is 12.1 Å². The highest BCUT2D eigenvalue weighted by Gasteiger charge is 2.16. The topological polar surface area (TPSA) is 72.3 Å². The largest absolute Gasteiger partial charge is 0.508 e. The van der Waals surface area contributed by atoms with Crippen molar-refractivity contribution in [1.29, 1.82) is 0 Å². The number of para-hydroxylation sites is 1. The molecule has 13 heavy (non-hydrogen) atoms. The van der Waals surface area contributed by atoms with Crippen LogP contribution in [0.25, 0.3) is 0 Å². The Morgan fingerprint density at radius 1 is 1.38 bits per heavy atom. The van der Waals surface area contributed by atoms with Gasteiger partial charge in [-0.1, -0.05) is 18.2 Å². The molecule has 0 aliphatic rings. The van der Waals surface area contributed by atoms with Crippen molar-refractivity contribution in [1.82, 2.24) is 0 Å².